The van der Waals surface area contributed by atoms with Crippen molar-refractivity contribution in [3.63, 3.8) is 0 Å². The highest BCUT2D eigenvalue weighted by Gasteiger charge is 2.56. The number of aliphatic carboxylic acids is 2. The van der Waals surface area contributed by atoms with E-state index in [9.17, 15) is 34.5 Å². The van der Waals surface area contributed by atoms with Gasteiger partial charge in [0.25, 0.3) is 0 Å². The van der Waals surface area contributed by atoms with Crippen LogP contribution in [-0.2, 0) is 19.2 Å². The van der Waals surface area contributed by atoms with Gasteiger partial charge in [-0.05, 0) is 92.1 Å². The molecule has 3 N–H and O–H groups in total. The van der Waals surface area contributed by atoms with Crippen LogP contribution in [0.25, 0.3) is 0 Å². The van der Waals surface area contributed by atoms with Gasteiger partial charge in [-0.3, -0.25) is 9.59 Å². The summed E-state index contributed by atoms with van der Waals surface area (Å²) in [6.07, 6.45) is 10.8. The highest BCUT2D eigenvalue weighted by atomic mass is 16.4. The summed E-state index contributed by atoms with van der Waals surface area (Å²) in [5, 5.41) is 30.9. The zero-order chi connectivity index (χ0) is 27.3. The van der Waals surface area contributed by atoms with Crippen molar-refractivity contribution in [3.8, 4) is 0 Å². The minimum Gasteiger partial charge on any atom is -0.478 e. The molecule has 0 saturated heterocycles. The summed E-state index contributed by atoms with van der Waals surface area (Å²) >= 11 is 0. The molecule has 1 unspecified atom stereocenters. The summed E-state index contributed by atoms with van der Waals surface area (Å²) in [6, 6.07) is 0. The fourth-order valence-electron chi connectivity index (χ4n) is 7.64. The minimum absolute atomic E-state index is 0.0602. The summed E-state index contributed by atoms with van der Waals surface area (Å²) in [7, 11) is 0. The molecular weight excluding hydrogens is 472 g/mol. The van der Waals surface area contributed by atoms with Crippen LogP contribution in [0.15, 0.2) is 48.6 Å². The number of aliphatic hydroxyl groups is 1. The third kappa shape index (κ3) is 4.67. The number of hydrogen-bond acceptors (Lipinski definition) is 5. The monoisotopic (exact) mass is 510 g/mol. The van der Waals surface area contributed by atoms with Gasteiger partial charge in [0.2, 0.25) is 0 Å². The number of allylic oxidation sites excluding steroid dienone is 3. The van der Waals surface area contributed by atoms with Crippen molar-refractivity contribution in [3.05, 3.63) is 48.6 Å². The molecule has 2 fully saturated rings. The second-order valence-corrected chi connectivity index (χ2v) is 12.3. The van der Waals surface area contributed by atoms with E-state index in [1.807, 2.05) is 19.1 Å². The van der Waals surface area contributed by atoms with E-state index < -0.39 is 40.6 Å². The first-order valence-corrected chi connectivity index (χ1v) is 13.2. The molecule has 0 heterocycles. The van der Waals surface area contributed by atoms with Crippen molar-refractivity contribution in [1.82, 2.24) is 0 Å². The Labute approximate surface area is 218 Å². The van der Waals surface area contributed by atoms with Gasteiger partial charge < -0.3 is 15.3 Å². The molecule has 37 heavy (non-hydrogen) atoms. The zero-order valence-electron chi connectivity index (χ0n) is 21.7. The number of carboxylic acid groups (broad SMARTS) is 2. The van der Waals surface area contributed by atoms with Gasteiger partial charge in [0.05, 0.1) is 0 Å². The summed E-state index contributed by atoms with van der Waals surface area (Å²) in [5.41, 5.74) is -2.18. The van der Waals surface area contributed by atoms with Crippen LogP contribution in [0, 0.1) is 40.4 Å². The first kappa shape index (κ1) is 27.2. The molecule has 0 radical (unpaired) electrons. The van der Waals surface area contributed by atoms with Gasteiger partial charge in [-0.2, -0.15) is 0 Å². The smallest absolute Gasteiger partial charge is 0.331 e. The van der Waals surface area contributed by atoms with E-state index in [1.165, 1.54) is 6.08 Å². The Morgan fingerprint density at radius 1 is 0.919 bits per heavy atom. The van der Waals surface area contributed by atoms with Crippen molar-refractivity contribution in [1.29, 1.82) is 0 Å². The minimum atomic E-state index is -1.71. The quantitative estimate of drug-likeness (QED) is 0.430. The second-order valence-electron chi connectivity index (χ2n) is 12.3. The fourth-order valence-corrected chi connectivity index (χ4v) is 7.64. The lowest BCUT2D eigenvalue weighted by molar-refractivity contribution is -0.154. The normalized spacial score (nSPS) is 41.0. The van der Waals surface area contributed by atoms with Gasteiger partial charge in [0.15, 0.2) is 11.6 Å². The maximum absolute atomic E-state index is 13.2. The molecule has 4 rings (SSSR count). The van der Waals surface area contributed by atoms with Crippen LogP contribution in [0.5, 0.6) is 0 Å². The lowest BCUT2D eigenvalue weighted by Gasteiger charge is -2.52. The highest BCUT2D eigenvalue weighted by Crippen LogP contribution is 2.56. The number of ketones is 2. The van der Waals surface area contributed by atoms with Crippen molar-refractivity contribution in [2.24, 2.45) is 40.4 Å². The molecule has 0 amide bonds. The Kier molecular flexibility index (Phi) is 6.99. The molecule has 2 saturated carbocycles. The topological polar surface area (TPSA) is 129 Å². The van der Waals surface area contributed by atoms with Gasteiger partial charge >= 0.3 is 11.9 Å². The zero-order valence-corrected chi connectivity index (χ0v) is 21.7. The van der Waals surface area contributed by atoms with Crippen LogP contribution >= 0.6 is 0 Å². The molecule has 200 valence electrons. The van der Waals surface area contributed by atoms with E-state index in [0.717, 1.165) is 6.42 Å². The molecule has 0 aromatic carbocycles. The average Bonchev–Trinajstić information content (AvgIpc) is 2.85. The molecule has 8 atom stereocenters. The highest BCUT2D eigenvalue weighted by molar-refractivity contribution is 5.98. The van der Waals surface area contributed by atoms with E-state index in [4.69, 9.17) is 0 Å². The molecule has 0 aromatic heterocycles. The number of rotatable bonds is 7. The first-order chi connectivity index (χ1) is 17.2. The predicted octanol–water partition coefficient (Wildman–Crippen LogP) is 4.52. The molecule has 0 aromatic rings. The van der Waals surface area contributed by atoms with Crippen molar-refractivity contribution < 1.29 is 34.5 Å². The Hall–Kier alpha value is -2.80. The van der Waals surface area contributed by atoms with Gasteiger partial charge in [-0.25, -0.2) is 9.59 Å². The van der Waals surface area contributed by atoms with Gasteiger partial charge in [0.1, 0.15) is 5.60 Å². The Bertz CT molecular complexity index is 1110. The van der Waals surface area contributed by atoms with Crippen LogP contribution in [0.2, 0.25) is 0 Å². The average molecular weight is 511 g/mol. The summed E-state index contributed by atoms with van der Waals surface area (Å²) in [4.78, 5) is 49.5. The Balaban J connectivity index is 1.59. The first-order valence-electron chi connectivity index (χ1n) is 13.2. The lowest BCUT2D eigenvalue weighted by atomic mass is 9.52. The van der Waals surface area contributed by atoms with E-state index in [0.29, 0.717) is 38.5 Å². The number of carboxylic acids is 2. The van der Waals surface area contributed by atoms with Crippen LogP contribution < -0.4 is 0 Å². The summed E-state index contributed by atoms with van der Waals surface area (Å²) < 4.78 is 0. The molecular formula is C30H38O7. The van der Waals surface area contributed by atoms with E-state index in [1.54, 1.807) is 6.08 Å². The van der Waals surface area contributed by atoms with E-state index >= 15 is 0 Å². The van der Waals surface area contributed by atoms with E-state index in [2.05, 4.69) is 20.1 Å². The van der Waals surface area contributed by atoms with Gasteiger partial charge in [0, 0.05) is 23.0 Å². The summed E-state index contributed by atoms with van der Waals surface area (Å²) in [5.74, 6) is -4.15. The second kappa shape index (κ2) is 9.50. The fraction of sp³-hybridized carbons (Fsp3) is 0.600. The standard InChI is InChI=1S/C30H38O7/c1-17(26(33)34)19-5-10-28(3)12-8-23(31)21(22(28)15-19)7-14-30(37)24-16-20(18(2)27(35)36)6-11-29(24,4)13-9-25(30)32/h8-9,12-13,19-22,24,37H,1-2,5-7,10-11,14-16H2,3-4H3,(H,33,34)(H,35,36)/t19-,20-,21+,22+,24-,28+,29+,30?/m1/s1. The molecule has 4 aliphatic rings. The van der Waals surface area contributed by atoms with Crippen LogP contribution in [0.4, 0.5) is 0 Å². The molecule has 0 aliphatic heterocycles. The summed E-state index contributed by atoms with van der Waals surface area (Å²) in [6.45, 7) is 11.6. The Morgan fingerprint density at radius 3 is 2.05 bits per heavy atom. The third-order valence-corrected chi connectivity index (χ3v) is 10.2. The van der Waals surface area contributed by atoms with Gasteiger partial charge in [-0.15, -0.1) is 0 Å². The van der Waals surface area contributed by atoms with Crippen LogP contribution in [0.1, 0.15) is 65.2 Å². The van der Waals surface area contributed by atoms with Crippen LogP contribution in [-0.4, -0.2) is 44.4 Å². The lowest BCUT2D eigenvalue weighted by Crippen LogP contribution is -2.56. The molecule has 7 nitrogen and oxygen atoms in total. The molecule has 7 heteroatoms. The van der Waals surface area contributed by atoms with Crippen molar-refractivity contribution >= 4 is 23.5 Å². The van der Waals surface area contributed by atoms with Crippen molar-refractivity contribution in [2.75, 3.05) is 0 Å². The number of hydrogen-bond donors (Lipinski definition) is 3. The van der Waals surface area contributed by atoms with Gasteiger partial charge in [-0.1, -0.05) is 39.2 Å². The number of fused-ring (bicyclic) bond motifs is 2. The molecule has 4 aliphatic carbocycles. The number of carbonyl (C=O) groups is 4. The Morgan fingerprint density at radius 2 is 1.46 bits per heavy atom. The van der Waals surface area contributed by atoms with Crippen molar-refractivity contribution in [2.45, 2.75) is 70.8 Å². The molecule has 0 spiro atoms. The largest absolute Gasteiger partial charge is 0.478 e. The SMILES string of the molecule is C=C(C(=O)O)[C@@H]1CC[C@@]2(C)C=CC(=O)[C@@H](CCC3(O)C(=O)C=C[C@]4(C)CC[C@@H](C(=C)C(=O)O)C[C@@H]34)[C@@H]2C1. The van der Waals surface area contributed by atoms with E-state index in [-0.39, 0.29) is 46.5 Å². The number of carbonyl (C=O) groups excluding carboxylic acids is 2. The molecule has 0 bridgehead atoms. The van der Waals surface area contributed by atoms with Crippen LogP contribution in [0.3, 0.4) is 0 Å². The maximum atomic E-state index is 13.2. The third-order valence-electron chi connectivity index (χ3n) is 10.2. The predicted molar refractivity (Wildman–Crippen MR) is 137 cm³/mol. The maximum Gasteiger partial charge on any atom is 0.331 e.